The van der Waals surface area contributed by atoms with E-state index < -0.39 is 0 Å². The molecule has 0 radical (unpaired) electrons. The van der Waals surface area contributed by atoms with E-state index in [9.17, 15) is 0 Å². The number of benzene rings is 1. The molecule has 62 valence electrons. The molecule has 0 bridgehead atoms. The Morgan fingerprint density at radius 3 is 2.55 bits per heavy atom. The van der Waals surface area contributed by atoms with Crippen LogP contribution in [0.25, 0.3) is 0 Å². The van der Waals surface area contributed by atoms with Crippen LogP contribution < -0.4 is 10.7 Å². The van der Waals surface area contributed by atoms with Gasteiger partial charge in [-0.05, 0) is 30.7 Å². The molecule has 0 aliphatic rings. The van der Waals surface area contributed by atoms with Gasteiger partial charge in [0.25, 0.3) is 0 Å². The van der Waals surface area contributed by atoms with Gasteiger partial charge in [-0.1, -0.05) is 11.6 Å². The summed E-state index contributed by atoms with van der Waals surface area (Å²) >= 11 is 5.68. The van der Waals surface area contributed by atoms with Gasteiger partial charge < -0.3 is 4.84 Å². The lowest BCUT2D eigenvalue weighted by Gasteiger charge is -2.01. The molecule has 11 heavy (non-hydrogen) atoms. The van der Waals surface area contributed by atoms with E-state index in [2.05, 4.69) is 4.84 Å². The molecular formula is C7H9Cl2NO. The van der Waals surface area contributed by atoms with Crippen molar-refractivity contribution in [2.75, 3.05) is 0 Å². The summed E-state index contributed by atoms with van der Waals surface area (Å²) in [5, 5.41) is 0.693. The lowest BCUT2D eigenvalue weighted by Crippen LogP contribution is -2.02. The zero-order valence-electron chi connectivity index (χ0n) is 6.00. The Labute approximate surface area is 76.7 Å². The summed E-state index contributed by atoms with van der Waals surface area (Å²) in [6.07, 6.45) is 0. The molecule has 4 heteroatoms. The van der Waals surface area contributed by atoms with Crippen LogP contribution in [0.1, 0.15) is 5.56 Å². The molecule has 2 nitrogen and oxygen atoms in total. The van der Waals surface area contributed by atoms with Crippen LogP contribution in [-0.4, -0.2) is 0 Å². The standard InChI is InChI=1S/C7H8ClNO.ClH/c1-5-4-6(8)2-3-7(5)10-9;/h2-4H,9H2,1H3;1H. The van der Waals surface area contributed by atoms with Crippen LogP contribution in [0.3, 0.4) is 0 Å². The lowest BCUT2D eigenvalue weighted by atomic mass is 10.2. The molecule has 2 N–H and O–H groups in total. The van der Waals surface area contributed by atoms with Gasteiger partial charge in [-0.15, -0.1) is 12.4 Å². The molecular weight excluding hydrogens is 185 g/mol. The zero-order valence-corrected chi connectivity index (χ0v) is 7.58. The topological polar surface area (TPSA) is 35.2 Å². The molecule has 0 heterocycles. The fourth-order valence-electron chi connectivity index (χ4n) is 0.745. The van der Waals surface area contributed by atoms with Gasteiger partial charge >= 0.3 is 0 Å². The molecule has 0 aliphatic carbocycles. The molecule has 1 aromatic carbocycles. The first-order valence-corrected chi connectivity index (χ1v) is 3.24. The molecule has 0 saturated heterocycles. The van der Waals surface area contributed by atoms with Gasteiger partial charge in [-0.3, -0.25) is 0 Å². The minimum absolute atomic E-state index is 0. The summed E-state index contributed by atoms with van der Waals surface area (Å²) in [4.78, 5) is 4.54. The highest BCUT2D eigenvalue weighted by molar-refractivity contribution is 6.30. The third-order valence-corrected chi connectivity index (χ3v) is 1.50. The molecule has 0 saturated carbocycles. The van der Waals surface area contributed by atoms with Crippen LogP contribution in [0, 0.1) is 6.92 Å². The Bertz CT molecular complexity index is 240. The molecule has 0 spiro atoms. The van der Waals surface area contributed by atoms with Crippen molar-refractivity contribution in [3.63, 3.8) is 0 Å². The summed E-state index contributed by atoms with van der Waals surface area (Å²) < 4.78 is 0. The van der Waals surface area contributed by atoms with E-state index in [0.717, 1.165) is 5.56 Å². The molecule has 0 aromatic heterocycles. The van der Waals surface area contributed by atoms with Crippen molar-refractivity contribution in [1.82, 2.24) is 0 Å². The molecule has 1 aromatic rings. The van der Waals surface area contributed by atoms with E-state index in [-0.39, 0.29) is 12.4 Å². The van der Waals surface area contributed by atoms with Crippen LogP contribution in [0.4, 0.5) is 0 Å². The van der Waals surface area contributed by atoms with Gasteiger partial charge in [0.15, 0.2) is 0 Å². The van der Waals surface area contributed by atoms with Crippen molar-refractivity contribution in [3.05, 3.63) is 28.8 Å². The second-order valence-corrected chi connectivity index (χ2v) is 2.46. The SMILES string of the molecule is Cc1cc(Cl)ccc1ON.Cl. The fourth-order valence-corrected chi connectivity index (χ4v) is 0.972. The normalized spacial score (nSPS) is 8.64. The van der Waals surface area contributed by atoms with Crippen molar-refractivity contribution in [3.8, 4) is 5.75 Å². The first-order chi connectivity index (χ1) is 4.74. The monoisotopic (exact) mass is 193 g/mol. The number of aryl methyl sites for hydroxylation is 1. The van der Waals surface area contributed by atoms with Gasteiger partial charge in [0.2, 0.25) is 0 Å². The summed E-state index contributed by atoms with van der Waals surface area (Å²) in [6.45, 7) is 1.88. The number of hydrogen-bond donors (Lipinski definition) is 1. The summed E-state index contributed by atoms with van der Waals surface area (Å²) in [5.41, 5.74) is 0.940. The Kier molecular flexibility index (Phi) is 4.26. The third kappa shape index (κ3) is 2.58. The molecule has 0 unspecified atom stereocenters. The van der Waals surface area contributed by atoms with E-state index in [1.165, 1.54) is 0 Å². The lowest BCUT2D eigenvalue weighted by molar-refractivity contribution is 0.332. The van der Waals surface area contributed by atoms with Gasteiger partial charge in [0.05, 0.1) is 0 Å². The first-order valence-electron chi connectivity index (χ1n) is 2.87. The van der Waals surface area contributed by atoms with E-state index in [1.54, 1.807) is 18.2 Å². The Balaban J connectivity index is 0.000001000. The second kappa shape index (κ2) is 4.44. The van der Waals surface area contributed by atoms with Gasteiger partial charge in [0, 0.05) is 5.02 Å². The number of rotatable bonds is 1. The Hall–Kier alpha value is -0.440. The van der Waals surface area contributed by atoms with Crippen molar-refractivity contribution < 1.29 is 4.84 Å². The summed E-state index contributed by atoms with van der Waals surface area (Å²) in [6, 6.07) is 5.26. The van der Waals surface area contributed by atoms with Crippen molar-refractivity contribution in [1.29, 1.82) is 0 Å². The van der Waals surface area contributed by atoms with Crippen LogP contribution in [-0.2, 0) is 0 Å². The number of nitrogens with two attached hydrogens (primary N) is 1. The zero-order chi connectivity index (χ0) is 7.56. The molecule has 1 rings (SSSR count). The highest BCUT2D eigenvalue weighted by atomic mass is 35.5. The first kappa shape index (κ1) is 10.6. The second-order valence-electron chi connectivity index (χ2n) is 2.03. The van der Waals surface area contributed by atoms with Crippen LogP contribution in [0.5, 0.6) is 5.75 Å². The van der Waals surface area contributed by atoms with E-state index >= 15 is 0 Å². The minimum Gasteiger partial charge on any atom is -0.411 e. The maximum Gasteiger partial charge on any atom is 0.149 e. The average molecular weight is 194 g/mol. The highest BCUT2D eigenvalue weighted by Gasteiger charge is 1.96. The Morgan fingerprint density at radius 1 is 1.45 bits per heavy atom. The van der Waals surface area contributed by atoms with Crippen molar-refractivity contribution in [2.45, 2.75) is 6.92 Å². The van der Waals surface area contributed by atoms with E-state index in [4.69, 9.17) is 17.5 Å². The van der Waals surface area contributed by atoms with E-state index in [0.29, 0.717) is 10.8 Å². The predicted octanol–water partition coefficient (Wildman–Crippen LogP) is 2.32. The average Bonchev–Trinajstić information content (AvgIpc) is 1.88. The summed E-state index contributed by atoms with van der Waals surface area (Å²) in [7, 11) is 0. The minimum atomic E-state index is 0. The largest absolute Gasteiger partial charge is 0.411 e. The van der Waals surface area contributed by atoms with Crippen molar-refractivity contribution >= 4 is 24.0 Å². The third-order valence-electron chi connectivity index (χ3n) is 1.26. The fraction of sp³-hybridized carbons (Fsp3) is 0.143. The smallest absolute Gasteiger partial charge is 0.149 e. The number of halogens is 2. The van der Waals surface area contributed by atoms with Gasteiger partial charge in [-0.25, -0.2) is 0 Å². The summed E-state index contributed by atoms with van der Waals surface area (Å²) in [5.74, 6) is 5.61. The number of hydrogen-bond acceptors (Lipinski definition) is 2. The van der Waals surface area contributed by atoms with Crippen LogP contribution in [0.15, 0.2) is 18.2 Å². The Morgan fingerprint density at radius 2 is 2.09 bits per heavy atom. The molecule has 0 amide bonds. The maximum atomic E-state index is 5.68. The quantitative estimate of drug-likeness (QED) is 0.696. The van der Waals surface area contributed by atoms with Crippen LogP contribution in [0.2, 0.25) is 5.02 Å². The van der Waals surface area contributed by atoms with Gasteiger partial charge in [0.1, 0.15) is 5.75 Å². The van der Waals surface area contributed by atoms with Crippen molar-refractivity contribution in [2.24, 2.45) is 5.90 Å². The molecule has 0 aliphatic heterocycles. The maximum absolute atomic E-state index is 5.68. The van der Waals surface area contributed by atoms with Crippen LogP contribution >= 0.6 is 24.0 Å². The van der Waals surface area contributed by atoms with Gasteiger partial charge in [-0.2, -0.15) is 5.90 Å². The molecule has 0 atom stereocenters. The molecule has 0 fully saturated rings. The highest BCUT2D eigenvalue weighted by Crippen LogP contribution is 2.20. The predicted molar refractivity (Wildman–Crippen MR) is 48.3 cm³/mol. The van der Waals surface area contributed by atoms with E-state index in [1.807, 2.05) is 6.92 Å².